The van der Waals surface area contributed by atoms with E-state index in [9.17, 15) is 10.2 Å². The van der Waals surface area contributed by atoms with E-state index in [4.69, 9.17) is 9.16 Å². The minimum atomic E-state index is -1.66. The molecule has 4 nitrogen and oxygen atoms in total. The Morgan fingerprint density at radius 2 is 1.54 bits per heavy atom. The summed E-state index contributed by atoms with van der Waals surface area (Å²) in [5.41, 5.74) is 4.98. The van der Waals surface area contributed by atoms with Crippen LogP contribution < -0.4 is 4.74 Å². The summed E-state index contributed by atoms with van der Waals surface area (Å²) in [6.07, 6.45) is 7.57. The lowest BCUT2D eigenvalue weighted by atomic mass is 9.90. The minimum absolute atomic E-state index is 0.0203. The van der Waals surface area contributed by atoms with Crippen LogP contribution in [0.2, 0.25) is 18.1 Å². The van der Waals surface area contributed by atoms with E-state index >= 15 is 0 Å². The topological polar surface area (TPSA) is 58.9 Å². The molecule has 0 bridgehead atoms. The Labute approximate surface area is 226 Å². The summed E-state index contributed by atoms with van der Waals surface area (Å²) in [4.78, 5) is 0. The molecule has 0 saturated carbocycles. The molecule has 37 heavy (non-hydrogen) atoms. The highest BCUT2D eigenvalue weighted by Gasteiger charge is 2.38. The van der Waals surface area contributed by atoms with Crippen LogP contribution in [-0.2, 0) is 24.2 Å². The van der Waals surface area contributed by atoms with E-state index < -0.39 is 8.32 Å². The van der Waals surface area contributed by atoms with E-state index in [1.807, 2.05) is 24.3 Å². The van der Waals surface area contributed by atoms with Crippen molar-refractivity contribution < 1.29 is 19.4 Å². The summed E-state index contributed by atoms with van der Waals surface area (Å²) in [6.45, 7) is 14.0. The summed E-state index contributed by atoms with van der Waals surface area (Å²) in [5, 5.41) is 19.0. The third-order valence-corrected chi connectivity index (χ3v) is 13.0. The Morgan fingerprint density at radius 1 is 0.865 bits per heavy atom. The van der Waals surface area contributed by atoms with Crippen LogP contribution in [0.4, 0.5) is 0 Å². The van der Waals surface area contributed by atoms with Gasteiger partial charge in [-0.15, -0.1) is 0 Å². The molecule has 0 aliphatic rings. The van der Waals surface area contributed by atoms with Crippen LogP contribution in [-0.4, -0.2) is 24.1 Å². The highest BCUT2D eigenvalue weighted by atomic mass is 28.4. The molecule has 206 valence electrons. The molecule has 2 N–H and O–H groups in total. The van der Waals surface area contributed by atoms with Crippen LogP contribution in [0.25, 0.3) is 5.57 Å². The number of ether oxygens (including phenoxy) is 1. The Hall–Kier alpha value is -1.92. The summed E-state index contributed by atoms with van der Waals surface area (Å²) in [6, 6.07) is 17.6. The molecule has 0 saturated heterocycles. The largest absolute Gasteiger partial charge is 0.489 e. The van der Waals surface area contributed by atoms with Gasteiger partial charge in [0.25, 0.3) is 0 Å². The van der Waals surface area contributed by atoms with E-state index in [-0.39, 0.29) is 18.8 Å². The highest BCUT2D eigenvalue weighted by molar-refractivity contribution is 6.73. The normalized spacial score (nSPS) is 12.7. The molecule has 2 aromatic rings. The summed E-state index contributed by atoms with van der Waals surface area (Å²) >= 11 is 0. The smallest absolute Gasteiger partial charge is 0.192 e. The van der Waals surface area contributed by atoms with Gasteiger partial charge in [0.05, 0.1) is 18.8 Å². The maximum atomic E-state index is 9.57. The van der Waals surface area contributed by atoms with Crippen LogP contribution in [0.1, 0.15) is 95.9 Å². The van der Waals surface area contributed by atoms with Gasteiger partial charge in [0.2, 0.25) is 0 Å². The molecule has 5 heteroatoms. The molecule has 0 spiro atoms. The maximum Gasteiger partial charge on any atom is 0.192 e. The van der Waals surface area contributed by atoms with Crippen molar-refractivity contribution in [3.05, 3.63) is 70.8 Å². The summed E-state index contributed by atoms with van der Waals surface area (Å²) in [5.74, 6) is 0.832. The predicted octanol–water partition coefficient (Wildman–Crippen LogP) is 8.40. The van der Waals surface area contributed by atoms with Gasteiger partial charge in [-0.25, -0.2) is 0 Å². The lowest BCUT2D eigenvalue weighted by Gasteiger charge is -2.42. The van der Waals surface area contributed by atoms with Gasteiger partial charge in [0.15, 0.2) is 8.32 Å². The molecule has 2 aromatic carbocycles. The fraction of sp³-hybridized carbons (Fsp3) is 0.562. The first kappa shape index (κ1) is 31.3. The van der Waals surface area contributed by atoms with Crippen molar-refractivity contribution in [1.29, 1.82) is 0 Å². The Morgan fingerprint density at radius 3 is 2.11 bits per heavy atom. The average Bonchev–Trinajstić information content (AvgIpc) is 2.96. The number of hydrogen-bond donors (Lipinski definition) is 2. The number of aliphatic hydroxyl groups is 2. The molecular weight excluding hydrogens is 476 g/mol. The van der Waals surface area contributed by atoms with Crippen molar-refractivity contribution in [2.24, 2.45) is 0 Å². The van der Waals surface area contributed by atoms with E-state index in [1.54, 1.807) is 0 Å². The van der Waals surface area contributed by atoms with Crippen LogP contribution >= 0.6 is 0 Å². The van der Waals surface area contributed by atoms with Crippen LogP contribution in [0.3, 0.4) is 0 Å². The molecule has 0 aliphatic carbocycles. The van der Waals surface area contributed by atoms with Gasteiger partial charge in [-0.1, -0.05) is 71.9 Å². The number of rotatable bonds is 17. The van der Waals surface area contributed by atoms with Gasteiger partial charge in [0.1, 0.15) is 12.4 Å². The van der Waals surface area contributed by atoms with Gasteiger partial charge in [-0.05, 0) is 96.3 Å². The first-order chi connectivity index (χ1) is 17.9. The van der Waals surface area contributed by atoms with Crippen molar-refractivity contribution in [3.8, 4) is 5.75 Å². The highest BCUT2D eigenvalue weighted by Crippen LogP contribution is 2.36. The van der Waals surface area contributed by atoms with E-state index in [2.05, 4.69) is 65.8 Å². The van der Waals surface area contributed by atoms with Crippen molar-refractivity contribution in [1.82, 2.24) is 0 Å². The van der Waals surface area contributed by atoms with Gasteiger partial charge < -0.3 is 19.4 Å². The molecule has 0 heterocycles. The lowest BCUT2D eigenvalue weighted by molar-refractivity contribution is 0.0397. The number of aliphatic hydroxyl groups excluding tert-OH is 2. The Kier molecular flexibility index (Phi) is 13.1. The maximum absolute atomic E-state index is 9.57. The van der Waals surface area contributed by atoms with Crippen molar-refractivity contribution >= 4 is 13.9 Å². The number of allylic oxidation sites excluding steroid dienone is 2. The molecule has 2 rings (SSSR count). The SMILES string of the molecule is CCC(=CCCC(CC)(CC)O[Si](CC)(CC)CC)c1cccc(OCc2ccc(CO)c(CO)c2)c1. The van der Waals surface area contributed by atoms with Crippen molar-refractivity contribution in [2.45, 2.75) is 117 Å². The fourth-order valence-electron chi connectivity index (χ4n) is 5.22. The molecule has 0 amide bonds. The molecule has 0 aliphatic heterocycles. The van der Waals surface area contributed by atoms with E-state index in [0.29, 0.717) is 6.61 Å². The molecular formula is C32H50O4Si. The zero-order valence-electron chi connectivity index (χ0n) is 24.1. The van der Waals surface area contributed by atoms with Gasteiger partial charge >= 0.3 is 0 Å². The predicted molar refractivity (Wildman–Crippen MR) is 158 cm³/mol. The average molecular weight is 527 g/mol. The standard InChI is InChI=1S/C32H50O4Si/c1-7-27(16-14-20-32(8-2,9-3)36-37(10-4,11-5)12-6)28-15-13-17-31(22-28)35-25-26-18-19-29(23-33)30(21-26)24-34/h13,15-19,21-22,33-34H,7-12,14,20,23-25H2,1-6H3. The number of benzene rings is 2. The van der Waals surface area contributed by atoms with Gasteiger partial charge in [-0.3, -0.25) is 0 Å². The third-order valence-electron chi connectivity index (χ3n) is 8.25. The third kappa shape index (κ3) is 8.54. The monoisotopic (exact) mass is 526 g/mol. The minimum Gasteiger partial charge on any atom is -0.489 e. The molecule has 0 fully saturated rings. The van der Waals surface area contributed by atoms with Crippen LogP contribution in [0.5, 0.6) is 5.75 Å². The number of hydrogen-bond acceptors (Lipinski definition) is 4. The molecule has 0 atom stereocenters. The first-order valence-corrected chi connectivity index (χ1v) is 16.8. The second-order valence-electron chi connectivity index (χ2n) is 10.1. The Bertz CT molecular complexity index is 968. The molecule has 0 radical (unpaired) electrons. The summed E-state index contributed by atoms with van der Waals surface area (Å²) in [7, 11) is -1.66. The zero-order chi connectivity index (χ0) is 27.3. The quantitative estimate of drug-likeness (QED) is 0.203. The van der Waals surface area contributed by atoms with Gasteiger partial charge in [-0.2, -0.15) is 0 Å². The fourth-order valence-corrected chi connectivity index (χ4v) is 8.47. The van der Waals surface area contributed by atoms with Gasteiger partial charge in [0, 0.05) is 0 Å². The van der Waals surface area contributed by atoms with Crippen molar-refractivity contribution in [3.63, 3.8) is 0 Å². The lowest BCUT2D eigenvalue weighted by Crippen LogP contribution is -2.46. The zero-order valence-corrected chi connectivity index (χ0v) is 25.1. The van der Waals surface area contributed by atoms with Crippen molar-refractivity contribution in [2.75, 3.05) is 0 Å². The van der Waals surface area contributed by atoms with E-state index in [1.165, 1.54) is 29.3 Å². The van der Waals surface area contributed by atoms with Crippen LogP contribution in [0.15, 0.2) is 48.5 Å². The molecule has 0 unspecified atom stereocenters. The van der Waals surface area contributed by atoms with E-state index in [0.717, 1.165) is 54.5 Å². The molecule has 0 aromatic heterocycles. The second kappa shape index (κ2) is 15.5. The van der Waals surface area contributed by atoms with Crippen LogP contribution in [0, 0.1) is 0 Å². The Balaban J connectivity index is 2.12. The second-order valence-corrected chi connectivity index (χ2v) is 14.8. The first-order valence-electron chi connectivity index (χ1n) is 14.3. The summed E-state index contributed by atoms with van der Waals surface area (Å²) < 4.78 is 13.2.